The molecule has 4 atom stereocenters. The Morgan fingerprint density at radius 1 is 1.15 bits per heavy atom. The van der Waals surface area contributed by atoms with Gasteiger partial charge < -0.3 is 9.47 Å². The van der Waals surface area contributed by atoms with Crippen LogP contribution in [0.2, 0.25) is 0 Å². The van der Waals surface area contributed by atoms with E-state index in [1.54, 1.807) is 6.08 Å². The van der Waals surface area contributed by atoms with Crippen molar-refractivity contribution in [3.8, 4) is 0 Å². The molecule has 33 heavy (non-hydrogen) atoms. The van der Waals surface area contributed by atoms with E-state index in [4.69, 9.17) is 9.47 Å². The van der Waals surface area contributed by atoms with Gasteiger partial charge in [-0.2, -0.15) is 0 Å². The third kappa shape index (κ3) is 6.41. The number of allylic oxidation sites excluding steroid dienone is 3. The Labute approximate surface area is 197 Å². The molecule has 4 nitrogen and oxygen atoms in total. The zero-order valence-electron chi connectivity index (χ0n) is 19.9. The molecule has 0 amide bonds. The van der Waals surface area contributed by atoms with E-state index in [2.05, 4.69) is 25.2 Å². The van der Waals surface area contributed by atoms with Crippen molar-refractivity contribution in [2.75, 3.05) is 13.7 Å². The Bertz CT molecular complexity index is 844. The van der Waals surface area contributed by atoms with Crippen molar-refractivity contribution in [3.05, 3.63) is 60.0 Å². The van der Waals surface area contributed by atoms with E-state index < -0.39 is 0 Å². The Balaban J connectivity index is 1.72. The van der Waals surface area contributed by atoms with Gasteiger partial charge in [-0.05, 0) is 61.8 Å². The van der Waals surface area contributed by atoms with Crippen LogP contribution in [0.4, 0.5) is 4.39 Å². The van der Waals surface area contributed by atoms with Crippen LogP contribution < -0.4 is 0 Å². The lowest BCUT2D eigenvalue weighted by Crippen LogP contribution is -2.39. The predicted octanol–water partition coefficient (Wildman–Crippen LogP) is 6.09. The number of methoxy groups -OCH3 is 1. The Morgan fingerprint density at radius 3 is 2.67 bits per heavy atom. The van der Waals surface area contributed by atoms with Crippen LogP contribution in [0.1, 0.15) is 70.3 Å². The first-order chi connectivity index (χ1) is 16.0. The molecular weight excluding hydrogens is 419 g/mol. The predicted molar refractivity (Wildman–Crippen MR) is 127 cm³/mol. The third-order valence-corrected chi connectivity index (χ3v) is 7.21. The molecule has 2 aliphatic rings. The number of rotatable bonds is 13. The number of hydrogen-bond donors (Lipinski definition) is 0. The highest BCUT2D eigenvalue weighted by molar-refractivity contribution is 5.89. The number of ketones is 1. The summed E-state index contributed by atoms with van der Waals surface area (Å²) in [5, 5.41) is 0. The van der Waals surface area contributed by atoms with Crippen molar-refractivity contribution in [1.29, 1.82) is 0 Å². The molecule has 1 aromatic carbocycles. The topological polar surface area (TPSA) is 52.6 Å². The summed E-state index contributed by atoms with van der Waals surface area (Å²) < 4.78 is 24.5. The molecule has 1 saturated carbocycles. The van der Waals surface area contributed by atoms with Crippen LogP contribution in [0, 0.1) is 17.7 Å². The maximum absolute atomic E-state index is 13.6. The van der Waals surface area contributed by atoms with Crippen molar-refractivity contribution in [1.82, 2.24) is 0 Å². The molecule has 0 radical (unpaired) electrons. The van der Waals surface area contributed by atoms with E-state index in [0.717, 1.165) is 50.5 Å². The minimum Gasteiger partial charge on any atom is -0.469 e. The van der Waals surface area contributed by atoms with Gasteiger partial charge in [-0.15, -0.1) is 0 Å². The van der Waals surface area contributed by atoms with Gasteiger partial charge in [-0.1, -0.05) is 50.1 Å². The molecule has 1 aliphatic carbocycles. The molecule has 5 heteroatoms. The van der Waals surface area contributed by atoms with Crippen LogP contribution in [0.5, 0.6) is 0 Å². The Morgan fingerprint density at radius 2 is 1.94 bits per heavy atom. The molecule has 1 aromatic rings. The van der Waals surface area contributed by atoms with Gasteiger partial charge in [0.25, 0.3) is 0 Å². The van der Waals surface area contributed by atoms with E-state index in [9.17, 15) is 14.0 Å². The average Bonchev–Trinajstić information content (AvgIpc) is 3.38. The summed E-state index contributed by atoms with van der Waals surface area (Å²) in [5.41, 5.74) is 0.940. The fourth-order valence-electron chi connectivity index (χ4n) is 5.38. The molecule has 1 saturated heterocycles. The van der Waals surface area contributed by atoms with Crippen LogP contribution in [0.15, 0.2) is 48.6 Å². The molecule has 1 aliphatic heterocycles. The first-order valence-corrected chi connectivity index (χ1v) is 12.3. The standard InChI is InChI=1S/C28H37FO4/c1-3-4-7-10-23(30)17-18-24-25(11-8-5-6-9-12-27(31)32-2)28(19-26(24)33-20-28)21-13-15-22(29)16-14-21/h5,8,13-18,24-26H,3-4,6-7,9-12,19-20H2,1-2H3/b8-5-,18-17+/t24-,25-,26-,28-/m1/s1. The zero-order chi connectivity index (χ0) is 23.7. The minimum atomic E-state index is -0.236. The Kier molecular flexibility index (Phi) is 9.42. The summed E-state index contributed by atoms with van der Waals surface area (Å²) in [7, 11) is 1.41. The monoisotopic (exact) mass is 456 g/mol. The second kappa shape index (κ2) is 12.3. The summed E-state index contributed by atoms with van der Waals surface area (Å²) in [4.78, 5) is 23.7. The van der Waals surface area contributed by atoms with Gasteiger partial charge in [0.05, 0.1) is 19.8 Å². The first kappa shape index (κ1) is 25.4. The van der Waals surface area contributed by atoms with E-state index >= 15 is 0 Å². The van der Waals surface area contributed by atoms with E-state index in [1.165, 1.54) is 19.2 Å². The quantitative estimate of drug-likeness (QED) is 0.156. The van der Waals surface area contributed by atoms with Gasteiger partial charge in [-0.3, -0.25) is 9.59 Å². The van der Waals surface area contributed by atoms with E-state index in [-0.39, 0.29) is 40.9 Å². The molecule has 0 aromatic heterocycles. The minimum absolute atomic E-state index is 0.0764. The number of esters is 1. The lowest BCUT2D eigenvalue weighted by Gasteiger charge is -2.38. The molecular formula is C28H37FO4. The largest absolute Gasteiger partial charge is 0.469 e. The SMILES string of the molecule is CCCCCC(=O)/C=C/[C@@H]1[C@@H](C/C=C\CCCC(=O)OC)[C@@]2(c3ccc(F)cc3)CO[C@@H]1C2. The van der Waals surface area contributed by atoms with Crippen LogP contribution in [0.3, 0.4) is 0 Å². The van der Waals surface area contributed by atoms with Crippen molar-refractivity contribution in [3.63, 3.8) is 0 Å². The number of halogens is 1. The lowest BCUT2D eigenvalue weighted by molar-refractivity contribution is -0.140. The fourth-order valence-corrected chi connectivity index (χ4v) is 5.38. The van der Waals surface area contributed by atoms with Crippen LogP contribution in [-0.4, -0.2) is 31.6 Å². The number of carbonyl (C=O) groups excluding carboxylic acids is 2. The van der Waals surface area contributed by atoms with E-state index in [0.29, 0.717) is 19.4 Å². The van der Waals surface area contributed by atoms with Crippen molar-refractivity contribution >= 4 is 11.8 Å². The average molecular weight is 457 g/mol. The number of fused-ring (bicyclic) bond motifs is 2. The summed E-state index contributed by atoms with van der Waals surface area (Å²) in [5.74, 6) is 0.188. The highest BCUT2D eigenvalue weighted by atomic mass is 19.1. The summed E-state index contributed by atoms with van der Waals surface area (Å²) in [6, 6.07) is 6.82. The summed E-state index contributed by atoms with van der Waals surface area (Å²) in [6.45, 7) is 2.76. The highest BCUT2D eigenvalue weighted by Gasteiger charge is 2.58. The highest BCUT2D eigenvalue weighted by Crippen LogP contribution is 2.57. The van der Waals surface area contributed by atoms with Crippen molar-refractivity contribution in [2.45, 2.75) is 76.2 Å². The second-order valence-corrected chi connectivity index (χ2v) is 9.36. The number of unbranched alkanes of at least 4 members (excludes halogenated alkanes) is 3. The fraction of sp³-hybridized carbons (Fsp3) is 0.571. The van der Waals surface area contributed by atoms with Crippen molar-refractivity contribution < 1.29 is 23.5 Å². The van der Waals surface area contributed by atoms with Gasteiger partial charge in [0, 0.05) is 24.2 Å². The summed E-state index contributed by atoms with van der Waals surface area (Å²) in [6.07, 6.45) is 15.7. The number of ether oxygens (including phenoxy) is 2. The smallest absolute Gasteiger partial charge is 0.305 e. The second-order valence-electron chi connectivity index (χ2n) is 9.36. The molecule has 1 heterocycles. The third-order valence-electron chi connectivity index (χ3n) is 7.21. The molecule has 2 fully saturated rings. The van der Waals surface area contributed by atoms with Gasteiger partial charge in [0.1, 0.15) is 5.82 Å². The van der Waals surface area contributed by atoms with Crippen molar-refractivity contribution in [2.24, 2.45) is 11.8 Å². The zero-order valence-corrected chi connectivity index (χ0v) is 19.9. The number of carbonyl (C=O) groups is 2. The number of benzene rings is 1. The molecule has 0 N–H and O–H groups in total. The maximum Gasteiger partial charge on any atom is 0.305 e. The Hall–Kier alpha value is -2.27. The maximum atomic E-state index is 13.6. The van der Waals surface area contributed by atoms with Crippen LogP contribution in [0.25, 0.3) is 0 Å². The first-order valence-electron chi connectivity index (χ1n) is 12.3. The summed E-state index contributed by atoms with van der Waals surface area (Å²) >= 11 is 0. The molecule has 3 rings (SSSR count). The number of hydrogen-bond acceptors (Lipinski definition) is 4. The normalized spacial score (nSPS) is 26.5. The van der Waals surface area contributed by atoms with E-state index in [1.807, 2.05) is 12.1 Å². The molecule has 180 valence electrons. The van der Waals surface area contributed by atoms with Crippen LogP contribution in [-0.2, 0) is 24.5 Å². The van der Waals surface area contributed by atoms with Gasteiger partial charge in [-0.25, -0.2) is 4.39 Å². The van der Waals surface area contributed by atoms with Gasteiger partial charge in [0.15, 0.2) is 5.78 Å². The molecule has 2 bridgehead atoms. The molecule has 0 unspecified atom stereocenters. The molecule has 0 spiro atoms. The van der Waals surface area contributed by atoms with Gasteiger partial charge in [0.2, 0.25) is 0 Å². The van der Waals surface area contributed by atoms with Crippen LogP contribution >= 0.6 is 0 Å². The lowest BCUT2D eigenvalue weighted by atomic mass is 9.69. The van der Waals surface area contributed by atoms with Gasteiger partial charge >= 0.3 is 5.97 Å².